The fourth-order valence-electron chi connectivity index (χ4n) is 1.42. The molecule has 1 aromatic heterocycles. The van der Waals surface area contributed by atoms with Crippen LogP contribution in [0.25, 0.3) is 0 Å². The molecule has 0 amide bonds. The van der Waals surface area contributed by atoms with Gasteiger partial charge in [-0.25, -0.2) is 9.48 Å². The van der Waals surface area contributed by atoms with Crippen LogP contribution in [0.5, 0.6) is 11.6 Å². The molecule has 0 atom stereocenters. The van der Waals surface area contributed by atoms with E-state index < -0.39 is 5.97 Å². The lowest BCUT2D eigenvalue weighted by molar-refractivity contribution is 0.0693. The molecule has 1 aromatic carbocycles. The van der Waals surface area contributed by atoms with Crippen molar-refractivity contribution in [2.24, 2.45) is 7.05 Å². The van der Waals surface area contributed by atoms with E-state index >= 15 is 0 Å². The van der Waals surface area contributed by atoms with Crippen molar-refractivity contribution >= 4 is 33.5 Å². The van der Waals surface area contributed by atoms with E-state index in [1.54, 1.807) is 31.3 Å². The maximum atomic E-state index is 11.1. The first-order valence-electron chi connectivity index (χ1n) is 4.88. The second kappa shape index (κ2) is 4.99. The van der Waals surface area contributed by atoms with Crippen molar-refractivity contribution in [3.63, 3.8) is 0 Å². The van der Waals surface area contributed by atoms with Crippen molar-refractivity contribution in [2.75, 3.05) is 0 Å². The number of hydrogen-bond donors (Lipinski definition) is 1. The van der Waals surface area contributed by atoms with Gasteiger partial charge in [-0.15, -0.1) is 0 Å². The lowest BCUT2D eigenvalue weighted by Gasteiger charge is -2.06. The summed E-state index contributed by atoms with van der Waals surface area (Å²) in [4.78, 5) is 11.1. The molecule has 0 spiro atoms. The molecule has 0 radical (unpaired) electrons. The molecular formula is C11H8BrClN2O3. The van der Waals surface area contributed by atoms with Crippen molar-refractivity contribution in [1.82, 2.24) is 9.78 Å². The average Bonchev–Trinajstić information content (AvgIpc) is 2.53. The highest BCUT2D eigenvalue weighted by Gasteiger charge is 2.22. The Hall–Kier alpha value is -1.53. The van der Waals surface area contributed by atoms with Crippen LogP contribution >= 0.6 is 27.5 Å². The number of nitrogens with zero attached hydrogens (tertiary/aromatic N) is 2. The number of rotatable bonds is 3. The van der Waals surface area contributed by atoms with Gasteiger partial charge in [0.15, 0.2) is 5.56 Å². The van der Waals surface area contributed by atoms with Gasteiger partial charge in [0.05, 0.1) is 0 Å². The highest BCUT2D eigenvalue weighted by molar-refractivity contribution is 9.10. The summed E-state index contributed by atoms with van der Waals surface area (Å²) in [7, 11) is 1.59. The normalized spacial score (nSPS) is 10.4. The molecule has 0 saturated heterocycles. The van der Waals surface area contributed by atoms with Crippen LogP contribution < -0.4 is 4.74 Å². The summed E-state index contributed by atoms with van der Waals surface area (Å²) in [6, 6.07) is 6.68. The molecule has 0 unspecified atom stereocenters. The van der Waals surface area contributed by atoms with E-state index in [-0.39, 0.29) is 16.0 Å². The molecule has 0 aliphatic rings. The number of carboxylic acids is 1. The zero-order valence-electron chi connectivity index (χ0n) is 9.22. The van der Waals surface area contributed by atoms with E-state index in [9.17, 15) is 4.79 Å². The van der Waals surface area contributed by atoms with Crippen LogP contribution in [0.15, 0.2) is 28.9 Å². The van der Waals surface area contributed by atoms with Gasteiger partial charge < -0.3 is 9.84 Å². The molecule has 2 aromatic rings. The van der Waals surface area contributed by atoms with Gasteiger partial charge in [0.25, 0.3) is 0 Å². The summed E-state index contributed by atoms with van der Waals surface area (Å²) in [5.74, 6) is -0.538. The highest BCUT2D eigenvalue weighted by atomic mass is 79.9. The largest absolute Gasteiger partial charge is 0.477 e. The van der Waals surface area contributed by atoms with E-state index in [1.165, 1.54) is 4.68 Å². The van der Waals surface area contributed by atoms with Crippen molar-refractivity contribution in [1.29, 1.82) is 0 Å². The summed E-state index contributed by atoms with van der Waals surface area (Å²) >= 11 is 8.91. The number of hydrogen-bond acceptors (Lipinski definition) is 3. The summed E-state index contributed by atoms with van der Waals surface area (Å²) < 4.78 is 7.07. The number of carbonyl (C=O) groups is 1. The van der Waals surface area contributed by atoms with Crippen molar-refractivity contribution < 1.29 is 14.6 Å². The quantitative estimate of drug-likeness (QED) is 0.937. The van der Waals surface area contributed by atoms with Crippen molar-refractivity contribution in [2.45, 2.75) is 0 Å². The van der Waals surface area contributed by atoms with Gasteiger partial charge in [-0.1, -0.05) is 17.7 Å². The first-order valence-corrected chi connectivity index (χ1v) is 6.05. The summed E-state index contributed by atoms with van der Waals surface area (Å²) in [5, 5.41) is 13.6. The number of ether oxygens (including phenoxy) is 1. The van der Waals surface area contributed by atoms with E-state index in [2.05, 4.69) is 21.0 Å². The van der Waals surface area contributed by atoms with Crippen LogP contribution in [0.3, 0.4) is 0 Å². The molecule has 5 nitrogen and oxygen atoms in total. The zero-order valence-corrected chi connectivity index (χ0v) is 11.6. The third-order valence-corrected chi connectivity index (χ3v) is 2.97. The average molecular weight is 332 g/mol. The molecule has 18 heavy (non-hydrogen) atoms. The fourth-order valence-corrected chi connectivity index (χ4v) is 2.17. The van der Waals surface area contributed by atoms with E-state index in [0.29, 0.717) is 10.8 Å². The van der Waals surface area contributed by atoms with Crippen LogP contribution in [0.4, 0.5) is 0 Å². The van der Waals surface area contributed by atoms with Gasteiger partial charge in [-0.2, -0.15) is 5.10 Å². The van der Waals surface area contributed by atoms with Crippen LogP contribution in [0.2, 0.25) is 5.02 Å². The van der Waals surface area contributed by atoms with E-state index in [4.69, 9.17) is 21.4 Å². The van der Waals surface area contributed by atoms with E-state index in [1.807, 2.05) is 0 Å². The molecule has 94 valence electrons. The van der Waals surface area contributed by atoms with Gasteiger partial charge in [-0.05, 0) is 34.1 Å². The molecule has 0 aliphatic heterocycles. The van der Waals surface area contributed by atoms with Gasteiger partial charge in [0, 0.05) is 12.1 Å². The van der Waals surface area contributed by atoms with E-state index in [0.717, 1.165) is 0 Å². The van der Waals surface area contributed by atoms with Gasteiger partial charge in [-0.3, -0.25) is 0 Å². The summed E-state index contributed by atoms with van der Waals surface area (Å²) in [6.45, 7) is 0. The predicted molar refractivity (Wildman–Crippen MR) is 69.4 cm³/mol. The second-order valence-corrected chi connectivity index (χ2v) is 4.65. The lowest BCUT2D eigenvalue weighted by atomic mass is 10.3. The van der Waals surface area contributed by atoms with Crippen molar-refractivity contribution in [3.8, 4) is 11.6 Å². The Morgan fingerprint density at radius 3 is 2.89 bits per heavy atom. The molecule has 2 rings (SSSR count). The third-order valence-electron chi connectivity index (χ3n) is 2.18. The molecule has 0 bridgehead atoms. The highest BCUT2D eigenvalue weighted by Crippen LogP contribution is 2.31. The standard InChI is InChI=1S/C11H8BrClN2O3/c1-15-10(8(11(16)17)9(12)14-15)18-7-4-2-3-6(13)5-7/h2-5H,1H3,(H,16,17). The Labute approximate surface area is 116 Å². The molecular weight excluding hydrogens is 323 g/mol. The Bertz CT molecular complexity index is 612. The topological polar surface area (TPSA) is 64.4 Å². The van der Waals surface area contributed by atoms with Crippen LogP contribution in [0.1, 0.15) is 10.4 Å². The Kier molecular flexibility index (Phi) is 3.58. The summed E-state index contributed by atoms with van der Waals surface area (Å²) in [5.41, 5.74) is -0.0301. The molecule has 0 fully saturated rings. The minimum atomic E-state index is -1.12. The number of aromatic nitrogens is 2. The smallest absolute Gasteiger partial charge is 0.344 e. The number of halogens is 2. The minimum absolute atomic E-state index is 0.0301. The Morgan fingerprint density at radius 2 is 2.28 bits per heavy atom. The van der Waals surface area contributed by atoms with Crippen LogP contribution in [-0.2, 0) is 7.05 Å². The van der Waals surface area contributed by atoms with Crippen LogP contribution in [0, 0.1) is 0 Å². The molecule has 0 aliphatic carbocycles. The van der Waals surface area contributed by atoms with Crippen LogP contribution in [-0.4, -0.2) is 20.9 Å². The first-order chi connectivity index (χ1) is 8.49. The van der Waals surface area contributed by atoms with Gasteiger partial charge >= 0.3 is 5.97 Å². The SMILES string of the molecule is Cn1nc(Br)c(C(=O)O)c1Oc1cccc(Cl)c1. The van der Waals surface area contributed by atoms with Gasteiger partial charge in [0.2, 0.25) is 5.88 Å². The molecule has 0 saturated carbocycles. The zero-order chi connectivity index (χ0) is 13.3. The maximum absolute atomic E-state index is 11.1. The fraction of sp³-hybridized carbons (Fsp3) is 0.0909. The number of carboxylic acid groups (broad SMARTS) is 1. The number of aryl methyl sites for hydroxylation is 1. The minimum Gasteiger partial charge on any atom is -0.477 e. The monoisotopic (exact) mass is 330 g/mol. The Morgan fingerprint density at radius 1 is 1.56 bits per heavy atom. The summed E-state index contributed by atoms with van der Waals surface area (Å²) in [6.07, 6.45) is 0. The maximum Gasteiger partial charge on any atom is 0.344 e. The number of aromatic carboxylic acids is 1. The molecule has 1 N–H and O–H groups in total. The van der Waals surface area contributed by atoms with Gasteiger partial charge in [0.1, 0.15) is 10.4 Å². The predicted octanol–water partition coefficient (Wildman–Crippen LogP) is 3.33. The Balaban J connectivity index is 2.43. The van der Waals surface area contributed by atoms with Crippen molar-refractivity contribution in [3.05, 3.63) is 39.5 Å². The number of benzene rings is 1. The third kappa shape index (κ3) is 2.49. The first kappa shape index (κ1) is 12.9. The molecule has 7 heteroatoms. The second-order valence-electron chi connectivity index (χ2n) is 3.46. The molecule has 1 heterocycles. The lowest BCUT2D eigenvalue weighted by Crippen LogP contribution is -2.01.